The van der Waals surface area contributed by atoms with Gasteiger partial charge in [0.15, 0.2) is 0 Å². The molecule has 3 rings (SSSR count). The summed E-state index contributed by atoms with van der Waals surface area (Å²) in [7, 11) is 1.57. The van der Waals surface area contributed by atoms with Gasteiger partial charge in [0.2, 0.25) is 0 Å². The van der Waals surface area contributed by atoms with Crippen LogP contribution in [0.4, 0.5) is 0 Å². The van der Waals surface area contributed by atoms with Gasteiger partial charge in [-0.15, -0.1) is 0 Å². The molecule has 0 unspecified atom stereocenters. The number of amides is 1. The van der Waals surface area contributed by atoms with Crippen LogP contribution in [-0.4, -0.2) is 48.6 Å². The molecule has 0 aliphatic carbocycles. The van der Waals surface area contributed by atoms with Crippen molar-refractivity contribution >= 4 is 40.7 Å². The van der Waals surface area contributed by atoms with Crippen LogP contribution in [0.2, 0.25) is 10.0 Å². The number of carbonyl (C=O) groups excluding carboxylic acids is 2. The Morgan fingerprint density at radius 2 is 1.85 bits per heavy atom. The van der Waals surface area contributed by atoms with Crippen molar-refractivity contribution in [2.24, 2.45) is 5.92 Å². The number of aliphatic hydroxyl groups excluding tert-OH is 1. The highest BCUT2D eigenvalue weighted by Crippen LogP contribution is 2.41. The summed E-state index contributed by atoms with van der Waals surface area (Å²) in [4.78, 5) is 27.5. The fourth-order valence-corrected chi connectivity index (χ4v) is 4.20. The quantitative estimate of drug-likeness (QED) is 0.202. The third-order valence-electron chi connectivity index (χ3n) is 5.57. The van der Waals surface area contributed by atoms with E-state index < -0.39 is 17.7 Å². The van der Waals surface area contributed by atoms with E-state index in [0.717, 1.165) is 5.56 Å². The number of carbonyl (C=O) groups is 2. The summed E-state index contributed by atoms with van der Waals surface area (Å²) < 4.78 is 10.9. The van der Waals surface area contributed by atoms with Gasteiger partial charge < -0.3 is 19.5 Å². The van der Waals surface area contributed by atoms with Gasteiger partial charge in [-0.05, 0) is 60.7 Å². The lowest BCUT2D eigenvalue weighted by atomic mass is 9.94. The number of ketones is 1. The normalized spacial score (nSPS) is 17.6. The number of benzene rings is 2. The maximum absolute atomic E-state index is 13.1. The van der Waals surface area contributed by atoms with Crippen molar-refractivity contribution in [1.29, 1.82) is 0 Å². The van der Waals surface area contributed by atoms with Crippen LogP contribution < -0.4 is 4.74 Å². The first kappa shape index (κ1) is 26.1. The van der Waals surface area contributed by atoms with Gasteiger partial charge in [0.05, 0.1) is 28.3 Å². The second-order valence-electron chi connectivity index (χ2n) is 8.70. The Morgan fingerprint density at radius 3 is 2.47 bits per heavy atom. The summed E-state index contributed by atoms with van der Waals surface area (Å²) in [6.07, 6.45) is 0.530. The van der Waals surface area contributed by atoms with Gasteiger partial charge in [-0.3, -0.25) is 9.59 Å². The van der Waals surface area contributed by atoms with E-state index in [4.69, 9.17) is 32.7 Å². The minimum Gasteiger partial charge on any atom is -0.507 e. The lowest BCUT2D eigenvalue weighted by Crippen LogP contribution is -2.31. The highest BCUT2D eigenvalue weighted by Gasteiger charge is 2.46. The Kier molecular flexibility index (Phi) is 8.63. The Labute approximate surface area is 210 Å². The molecular formula is C26H29Cl2NO5. The van der Waals surface area contributed by atoms with E-state index in [-0.39, 0.29) is 17.9 Å². The van der Waals surface area contributed by atoms with E-state index in [2.05, 4.69) is 13.8 Å². The van der Waals surface area contributed by atoms with Crippen molar-refractivity contribution in [3.8, 4) is 5.75 Å². The molecule has 2 aromatic rings. The van der Waals surface area contributed by atoms with Crippen LogP contribution in [0.25, 0.3) is 5.76 Å². The first-order valence-electron chi connectivity index (χ1n) is 11.1. The smallest absolute Gasteiger partial charge is 0.295 e. The zero-order chi connectivity index (χ0) is 25.0. The summed E-state index contributed by atoms with van der Waals surface area (Å²) in [5, 5.41) is 11.9. The van der Waals surface area contributed by atoms with Crippen molar-refractivity contribution in [1.82, 2.24) is 4.90 Å². The first-order valence-corrected chi connectivity index (χ1v) is 11.9. The molecule has 2 aromatic carbocycles. The number of ether oxygens (including phenoxy) is 2. The number of hydrogen-bond donors (Lipinski definition) is 1. The lowest BCUT2D eigenvalue weighted by molar-refractivity contribution is -0.140. The minimum absolute atomic E-state index is 0.0102. The predicted molar refractivity (Wildman–Crippen MR) is 133 cm³/mol. The van der Waals surface area contributed by atoms with Crippen LogP contribution in [0.1, 0.15) is 43.0 Å². The predicted octanol–water partition coefficient (Wildman–Crippen LogP) is 5.79. The molecule has 1 atom stereocenters. The fraction of sp³-hybridized carbons (Fsp3) is 0.385. The van der Waals surface area contributed by atoms with Crippen molar-refractivity contribution < 1.29 is 24.2 Å². The number of halogens is 2. The third kappa shape index (κ3) is 5.57. The van der Waals surface area contributed by atoms with Gasteiger partial charge in [0.1, 0.15) is 11.5 Å². The molecule has 1 amide bonds. The molecule has 0 aromatic heterocycles. The van der Waals surface area contributed by atoms with Gasteiger partial charge >= 0.3 is 0 Å². The van der Waals surface area contributed by atoms with E-state index in [9.17, 15) is 14.7 Å². The molecule has 0 spiro atoms. The molecule has 1 heterocycles. The topological polar surface area (TPSA) is 76.1 Å². The van der Waals surface area contributed by atoms with Gasteiger partial charge in [-0.25, -0.2) is 0 Å². The highest BCUT2D eigenvalue weighted by molar-refractivity contribution is 6.46. The molecule has 34 heavy (non-hydrogen) atoms. The van der Waals surface area contributed by atoms with Crippen molar-refractivity contribution in [2.75, 3.05) is 26.9 Å². The molecular weight excluding hydrogens is 477 g/mol. The summed E-state index contributed by atoms with van der Waals surface area (Å²) in [6, 6.07) is 9.32. The van der Waals surface area contributed by atoms with Crippen LogP contribution >= 0.6 is 23.2 Å². The Balaban J connectivity index is 2.08. The Hall–Kier alpha value is -2.54. The first-order chi connectivity index (χ1) is 16.1. The van der Waals surface area contributed by atoms with Crippen molar-refractivity contribution in [3.05, 3.63) is 68.7 Å². The van der Waals surface area contributed by atoms with Gasteiger partial charge in [0.25, 0.3) is 11.7 Å². The van der Waals surface area contributed by atoms with Crippen molar-refractivity contribution in [3.63, 3.8) is 0 Å². The maximum Gasteiger partial charge on any atom is 0.295 e. The monoisotopic (exact) mass is 505 g/mol. The number of rotatable bonds is 9. The van der Waals surface area contributed by atoms with E-state index in [1.807, 2.05) is 6.92 Å². The Bertz CT molecular complexity index is 1110. The molecule has 1 saturated heterocycles. The average Bonchev–Trinajstić information content (AvgIpc) is 3.04. The molecule has 1 aliphatic heterocycles. The molecule has 8 heteroatoms. The van der Waals surface area contributed by atoms with Crippen molar-refractivity contribution in [2.45, 2.75) is 33.2 Å². The van der Waals surface area contributed by atoms with Crippen LogP contribution in [-0.2, 0) is 14.3 Å². The van der Waals surface area contributed by atoms with Crippen LogP contribution in [0.3, 0.4) is 0 Å². The molecule has 1 fully saturated rings. The highest BCUT2D eigenvalue weighted by atomic mass is 35.5. The maximum atomic E-state index is 13.1. The number of aryl methyl sites for hydroxylation is 1. The summed E-state index contributed by atoms with van der Waals surface area (Å²) in [5.41, 5.74) is 1.83. The van der Waals surface area contributed by atoms with Crippen LogP contribution in [0, 0.1) is 12.8 Å². The lowest BCUT2D eigenvalue weighted by Gasteiger charge is -2.25. The van der Waals surface area contributed by atoms with Gasteiger partial charge in [0, 0.05) is 25.8 Å². The fourth-order valence-electron chi connectivity index (χ4n) is 3.89. The number of methoxy groups -OCH3 is 1. The molecule has 1 aliphatic rings. The zero-order valence-electron chi connectivity index (χ0n) is 19.7. The summed E-state index contributed by atoms with van der Waals surface area (Å²) in [5.74, 6) is -0.604. The van der Waals surface area contributed by atoms with Crippen LogP contribution in [0.15, 0.2) is 42.0 Å². The second kappa shape index (κ2) is 11.3. The zero-order valence-corrected chi connectivity index (χ0v) is 21.2. The van der Waals surface area contributed by atoms with Crippen LogP contribution in [0.5, 0.6) is 5.75 Å². The number of hydrogen-bond acceptors (Lipinski definition) is 5. The van der Waals surface area contributed by atoms with Gasteiger partial charge in [-0.1, -0.05) is 43.1 Å². The van der Waals surface area contributed by atoms with Gasteiger partial charge in [-0.2, -0.15) is 0 Å². The van der Waals surface area contributed by atoms with E-state index in [1.54, 1.807) is 43.5 Å². The molecule has 6 nitrogen and oxygen atoms in total. The largest absolute Gasteiger partial charge is 0.507 e. The molecule has 0 saturated carbocycles. The molecule has 0 bridgehead atoms. The SMILES string of the molecule is COCCCN1C(=O)C(=O)C(=C(O)c2ccc(OCC(C)C)c(C)c2)[C@@H]1c1ccc(Cl)c(Cl)c1. The number of aliphatic hydroxyl groups is 1. The average molecular weight is 506 g/mol. The molecule has 1 N–H and O–H groups in total. The number of Topliss-reactive ketones (excluding diaryl/α,β-unsaturated/α-hetero) is 1. The van der Waals surface area contributed by atoms with E-state index >= 15 is 0 Å². The summed E-state index contributed by atoms with van der Waals surface area (Å²) in [6.45, 7) is 7.26. The van der Waals surface area contributed by atoms with E-state index in [1.165, 1.54) is 4.90 Å². The molecule has 182 valence electrons. The third-order valence-corrected chi connectivity index (χ3v) is 6.31. The second-order valence-corrected chi connectivity index (χ2v) is 9.51. The Morgan fingerprint density at radius 1 is 1.12 bits per heavy atom. The minimum atomic E-state index is -0.802. The number of likely N-dealkylation sites (tertiary alicyclic amines) is 1. The van der Waals surface area contributed by atoms with E-state index in [0.29, 0.717) is 52.5 Å². The molecule has 0 radical (unpaired) electrons. The summed E-state index contributed by atoms with van der Waals surface area (Å²) >= 11 is 12.3. The standard InChI is InChI=1S/C26H29Cl2NO5/c1-15(2)14-34-21-9-7-18(12-16(21)3)24(30)22-23(17-6-8-19(27)20(28)13-17)29(10-5-11-33-4)26(32)25(22)31/h6-9,12-13,15,23,30H,5,10-11,14H2,1-4H3/t23-/m0/s1. The number of nitrogens with zero attached hydrogens (tertiary/aromatic N) is 1.